The van der Waals surface area contributed by atoms with Crippen LogP contribution in [0.5, 0.6) is 0 Å². The third-order valence-corrected chi connectivity index (χ3v) is 6.87. The van der Waals surface area contributed by atoms with Gasteiger partial charge in [-0.3, -0.25) is 14.6 Å². The Labute approximate surface area is 199 Å². The molecule has 176 valence electrons. The van der Waals surface area contributed by atoms with Gasteiger partial charge in [0, 0.05) is 39.1 Å². The first-order chi connectivity index (χ1) is 16.5. The van der Waals surface area contributed by atoms with Crippen LogP contribution >= 0.6 is 0 Å². The van der Waals surface area contributed by atoms with Crippen LogP contribution in [-0.2, 0) is 35.1 Å². The van der Waals surface area contributed by atoms with Crippen LogP contribution in [0.25, 0.3) is 0 Å². The van der Waals surface area contributed by atoms with Crippen molar-refractivity contribution < 1.29 is 14.3 Å². The minimum atomic E-state index is -0.480. The minimum Gasteiger partial charge on any atom is -0.366 e. The van der Waals surface area contributed by atoms with Gasteiger partial charge in [0.05, 0.1) is 30.7 Å². The fraction of sp³-hybridized carbons (Fsp3) is 0.385. The number of hydrogen-bond acceptors (Lipinski definition) is 5. The molecule has 3 aromatic rings. The molecule has 1 N–H and O–H groups in total. The topological polar surface area (TPSA) is 89.4 Å². The van der Waals surface area contributed by atoms with Crippen molar-refractivity contribution >= 4 is 11.8 Å². The van der Waals surface area contributed by atoms with Crippen LogP contribution in [0.1, 0.15) is 46.4 Å². The van der Waals surface area contributed by atoms with E-state index in [0.717, 1.165) is 5.56 Å². The van der Waals surface area contributed by atoms with E-state index in [4.69, 9.17) is 4.74 Å². The van der Waals surface area contributed by atoms with E-state index in [1.54, 1.807) is 29.5 Å². The second-order valence-corrected chi connectivity index (χ2v) is 9.12. The number of nitrogens with one attached hydrogen (secondary N) is 1. The van der Waals surface area contributed by atoms with E-state index in [9.17, 15) is 9.59 Å². The van der Waals surface area contributed by atoms with Crippen LogP contribution in [-0.4, -0.2) is 50.4 Å². The van der Waals surface area contributed by atoms with Gasteiger partial charge in [0.25, 0.3) is 5.91 Å². The number of nitrogens with zero attached hydrogens (tertiary/aromatic N) is 4. The minimum absolute atomic E-state index is 0.00901. The van der Waals surface area contributed by atoms with Crippen LogP contribution < -0.4 is 5.32 Å². The number of benzene rings is 1. The molecule has 8 nitrogen and oxygen atoms in total. The predicted octanol–water partition coefficient (Wildman–Crippen LogP) is 2.59. The molecule has 4 heterocycles. The molecule has 2 amide bonds. The van der Waals surface area contributed by atoms with Gasteiger partial charge < -0.3 is 19.5 Å². The highest BCUT2D eigenvalue weighted by molar-refractivity contribution is 5.92. The smallest absolute Gasteiger partial charge is 0.272 e. The van der Waals surface area contributed by atoms with Crippen molar-refractivity contribution in [2.75, 3.05) is 13.1 Å². The maximum Gasteiger partial charge on any atom is 0.272 e. The summed E-state index contributed by atoms with van der Waals surface area (Å²) >= 11 is 0. The number of rotatable bonds is 5. The van der Waals surface area contributed by atoms with Crippen molar-refractivity contribution in [1.29, 1.82) is 0 Å². The standard InChI is InChI=1S/C26H29N5O3/c1-30-18-28-17-23(30)25(33)31-11-8-26(9-12-31)22-7-3-2-6-20(22)13-21(34-26)14-24(32)29-16-19-5-4-10-27-15-19/h2-7,10,15,17-18,21H,8-9,11-14,16H2,1H3,(H,29,32). The molecule has 2 aliphatic heterocycles. The lowest BCUT2D eigenvalue weighted by Gasteiger charge is -2.47. The van der Waals surface area contributed by atoms with Crippen LogP contribution in [0, 0.1) is 0 Å². The quantitative estimate of drug-likeness (QED) is 0.634. The summed E-state index contributed by atoms with van der Waals surface area (Å²) in [6, 6.07) is 12.1. The Bertz CT molecular complexity index is 1170. The number of pyridine rings is 1. The molecule has 0 saturated carbocycles. The van der Waals surface area contributed by atoms with Gasteiger partial charge in [-0.1, -0.05) is 30.3 Å². The lowest BCUT2D eigenvalue weighted by Crippen LogP contribution is -2.51. The average Bonchev–Trinajstić information content (AvgIpc) is 3.29. The highest BCUT2D eigenvalue weighted by atomic mass is 16.5. The van der Waals surface area contributed by atoms with Crippen molar-refractivity contribution in [3.05, 3.63) is 83.7 Å². The second-order valence-electron chi connectivity index (χ2n) is 9.12. The van der Waals surface area contributed by atoms with Gasteiger partial charge in [-0.25, -0.2) is 4.98 Å². The molecule has 1 fully saturated rings. The molecule has 0 bridgehead atoms. The molecule has 1 atom stereocenters. The molecule has 8 heteroatoms. The number of aromatic nitrogens is 3. The van der Waals surface area contributed by atoms with Gasteiger partial charge in [0.2, 0.25) is 5.91 Å². The molecular weight excluding hydrogens is 430 g/mol. The molecule has 1 spiro atoms. The summed E-state index contributed by atoms with van der Waals surface area (Å²) in [6.07, 6.45) is 8.91. The maximum atomic E-state index is 13.0. The Morgan fingerprint density at radius 3 is 2.68 bits per heavy atom. The lowest BCUT2D eigenvalue weighted by atomic mass is 9.77. The number of hydrogen-bond donors (Lipinski definition) is 1. The summed E-state index contributed by atoms with van der Waals surface area (Å²) in [7, 11) is 1.83. The Morgan fingerprint density at radius 2 is 1.94 bits per heavy atom. The summed E-state index contributed by atoms with van der Waals surface area (Å²) in [5.74, 6) is -0.0440. The van der Waals surface area contributed by atoms with Crippen LogP contribution in [0.15, 0.2) is 61.3 Å². The lowest BCUT2D eigenvalue weighted by molar-refractivity contribution is -0.147. The first kappa shape index (κ1) is 22.3. The second kappa shape index (κ2) is 9.38. The van der Waals surface area contributed by atoms with Crippen LogP contribution in [0.2, 0.25) is 0 Å². The molecule has 0 aliphatic carbocycles. The normalized spacial score (nSPS) is 19.0. The van der Waals surface area contributed by atoms with E-state index in [1.165, 1.54) is 11.1 Å². The van der Waals surface area contributed by atoms with Gasteiger partial charge in [0.1, 0.15) is 5.69 Å². The summed E-state index contributed by atoms with van der Waals surface area (Å²) in [6.45, 7) is 1.64. The summed E-state index contributed by atoms with van der Waals surface area (Å²) in [4.78, 5) is 35.7. The first-order valence-corrected chi connectivity index (χ1v) is 11.7. The van der Waals surface area contributed by atoms with Crippen molar-refractivity contribution in [3.63, 3.8) is 0 Å². The number of fused-ring (bicyclic) bond motifs is 2. The van der Waals surface area contributed by atoms with Gasteiger partial charge in [0.15, 0.2) is 0 Å². The third-order valence-electron chi connectivity index (χ3n) is 6.87. The van der Waals surface area contributed by atoms with E-state index in [-0.39, 0.29) is 17.9 Å². The first-order valence-electron chi connectivity index (χ1n) is 11.7. The maximum absolute atomic E-state index is 13.0. The number of imidazole rings is 1. The van der Waals surface area contributed by atoms with Gasteiger partial charge in [-0.15, -0.1) is 0 Å². The van der Waals surface area contributed by atoms with Crippen LogP contribution in [0.4, 0.5) is 0 Å². The number of likely N-dealkylation sites (tertiary alicyclic amines) is 1. The molecular formula is C26H29N5O3. The molecule has 2 aromatic heterocycles. The van der Waals surface area contributed by atoms with Gasteiger partial charge >= 0.3 is 0 Å². The monoisotopic (exact) mass is 459 g/mol. The summed E-state index contributed by atoms with van der Waals surface area (Å²) in [5.41, 5.74) is 3.49. The van der Waals surface area contributed by atoms with Crippen molar-refractivity contribution in [2.45, 2.75) is 43.9 Å². The fourth-order valence-corrected chi connectivity index (χ4v) is 5.09. The highest BCUT2D eigenvalue weighted by Crippen LogP contribution is 2.44. The zero-order valence-corrected chi connectivity index (χ0v) is 19.3. The highest BCUT2D eigenvalue weighted by Gasteiger charge is 2.44. The number of aryl methyl sites for hydroxylation is 1. The summed E-state index contributed by atoms with van der Waals surface area (Å²) < 4.78 is 8.43. The zero-order chi connectivity index (χ0) is 23.5. The Kier molecular flexibility index (Phi) is 6.15. The van der Waals surface area contributed by atoms with Crippen molar-refractivity contribution in [3.8, 4) is 0 Å². The molecule has 1 unspecified atom stereocenters. The fourth-order valence-electron chi connectivity index (χ4n) is 5.09. The molecule has 5 rings (SSSR count). The van der Waals surface area contributed by atoms with E-state index >= 15 is 0 Å². The van der Waals surface area contributed by atoms with E-state index in [2.05, 4.69) is 27.4 Å². The molecule has 1 aromatic carbocycles. The number of amides is 2. The average molecular weight is 460 g/mol. The van der Waals surface area contributed by atoms with E-state index in [1.807, 2.05) is 36.2 Å². The molecule has 2 aliphatic rings. The Hall–Kier alpha value is -3.52. The van der Waals surface area contributed by atoms with Crippen molar-refractivity contribution in [1.82, 2.24) is 24.8 Å². The van der Waals surface area contributed by atoms with Gasteiger partial charge in [-0.05, 0) is 42.0 Å². The number of carbonyl (C=O) groups is 2. The SMILES string of the molecule is Cn1cncc1C(=O)N1CCC2(CC1)OC(CC(=O)NCc1cccnc1)Cc1ccccc12. The van der Waals surface area contributed by atoms with Crippen LogP contribution in [0.3, 0.4) is 0 Å². The number of ether oxygens (including phenoxy) is 1. The Morgan fingerprint density at radius 1 is 1.12 bits per heavy atom. The predicted molar refractivity (Wildman–Crippen MR) is 126 cm³/mol. The largest absolute Gasteiger partial charge is 0.366 e. The van der Waals surface area contributed by atoms with Crippen molar-refractivity contribution in [2.24, 2.45) is 7.05 Å². The Balaban J connectivity index is 1.27. The van der Waals surface area contributed by atoms with E-state index in [0.29, 0.717) is 51.0 Å². The van der Waals surface area contributed by atoms with E-state index < -0.39 is 5.60 Å². The number of carbonyl (C=O) groups excluding carboxylic acids is 2. The zero-order valence-electron chi connectivity index (χ0n) is 19.3. The third kappa shape index (κ3) is 4.46. The van der Waals surface area contributed by atoms with Gasteiger partial charge in [-0.2, -0.15) is 0 Å². The summed E-state index contributed by atoms with van der Waals surface area (Å²) in [5, 5.41) is 2.98. The molecule has 34 heavy (non-hydrogen) atoms. The molecule has 1 saturated heterocycles. The number of piperidine rings is 1. The molecule has 0 radical (unpaired) electrons.